The van der Waals surface area contributed by atoms with Gasteiger partial charge in [-0.15, -0.1) is 10.2 Å². The highest BCUT2D eigenvalue weighted by molar-refractivity contribution is 5.97. The Hall–Kier alpha value is -3.06. The average molecular weight is 362 g/mol. The van der Waals surface area contributed by atoms with Gasteiger partial charge in [0.1, 0.15) is 17.5 Å². The SMILES string of the molecule is CN1C(=O)[C@@H](NCc2nnc(Cc3ccccc3)[nH]2)CCc2cccnc21. The Morgan fingerprint density at radius 3 is 2.81 bits per heavy atom. The predicted octanol–water partition coefficient (Wildman–Crippen LogP) is 1.86. The molecule has 0 bridgehead atoms. The summed E-state index contributed by atoms with van der Waals surface area (Å²) in [6.07, 6.45) is 3.97. The highest BCUT2D eigenvalue weighted by Gasteiger charge is 2.28. The number of nitrogens with one attached hydrogen (secondary N) is 2. The van der Waals surface area contributed by atoms with E-state index in [9.17, 15) is 4.79 Å². The van der Waals surface area contributed by atoms with Crippen LogP contribution < -0.4 is 10.2 Å². The van der Waals surface area contributed by atoms with Gasteiger partial charge in [0.2, 0.25) is 5.91 Å². The lowest BCUT2D eigenvalue weighted by atomic mass is 10.1. The molecule has 0 saturated heterocycles. The number of hydrogen-bond acceptors (Lipinski definition) is 5. The number of rotatable bonds is 5. The molecule has 2 aromatic heterocycles. The molecular weight excluding hydrogens is 340 g/mol. The number of amides is 1. The molecule has 7 nitrogen and oxygen atoms in total. The smallest absolute Gasteiger partial charge is 0.245 e. The predicted molar refractivity (Wildman–Crippen MR) is 102 cm³/mol. The lowest BCUT2D eigenvalue weighted by Gasteiger charge is -2.20. The van der Waals surface area contributed by atoms with Gasteiger partial charge < -0.3 is 4.98 Å². The highest BCUT2D eigenvalue weighted by atomic mass is 16.2. The first kappa shape index (κ1) is 17.4. The van der Waals surface area contributed by atoms with E-state index in [0.717, 1.165) is 35.9 Å². The number of nitrogens with zero attached hydrogens (tertiary/aromatic N) is 4. The normalized spacial score (nSPS) is 16.9. The van der Waals surface area contributed by atoms with Crippen LogP contribution >= 0.6 is 0 Å². The molecule has 0 fully saturated rings. The van der Waals surface area contributed by atoms with Gasteiger partial charge in [-0.05, 0) is 30.0 Å². The largest absolute Gasteiger partial charge is 0.328 e. The van der Waals surface area contributed by atoms with Crippen LogP contribution in [0.25, 0.3) is 0 Å². The van der Waals surface area contributed by atoms with Crippen LogP contribution in [-0.2, 0) is 24.2 Å². The molecule has 1 aliphatic rings. The number of hydrogen-bond donors (Lipinski definition) is 2. The van der Waals surface area contributed by atoms with Crippen LogP contribution in [0.15, 0.2) is 48.7 Å². The van der Waals surface area contributed by atoms with Crippen molar-refractivity contribution < 1.29 is 4.79 Å². The van der Waals surface area contributed by atoms with Gasteiger partial charge in [0.05, 0.1) is 12.6 Å². The number of anilines is 1. The van der Waals surface area contributed by atoms with Crippen LogP contribution in [0.1, 0.15) is 29.2 Å². The van der Waals surface area contributed by atoms with Gasteiger partial charge in [0, 0.05) is 19.7 Å². The molecular formula is C20H22N6O. The van der Waals surface area contributed by atoms with E-state index in [1.165, 1.54) is 5.56 Å². The maximum atomic E-state index is 12.8. The number of aromatic amines is 1. The van der Waals surface area contributed by atoms with Crippen molar-refractivity contribution in [3.63, 3.8) is 0 Å². The highest BCUT2D eigenvalue weighted by Crippen LogP contribution is 2.23. The molecule has 0 spiro atoms. The summed E-state index contributed by atoms with van der Waals surface area (Å²) in [4.78, 5) is 22.0. The Labute approximate surface area is 157 Å². The van der Waals surface area contributed by atoms with Crippen molar-refractivity contribution in [2.45, 2.75) is 31.8 Å². The molecule has 7 heteroatoms. The molecule has 0 aliphatic carbocycles. The Balaban J connectivity index is 1.38. The van der Waals surface area contributed by atoms with Crippen LogP contribution in [0.3, 0.4) is 0 Å². The summed E-state index contributed by atoms with van der Waals surface area (Å²) < 4.78 is 0. The van der Waals surface area contributed by atoms with Gasteiger partial charge in [0.25, 0.3) is 0 Å². The summed E-state index contributed by atoms with van der Waals surface area (Å²) in [5, 5.41) is 11.7. The average Bonchev–Trinajstić information content (AvgIpc) is 3.10. The number of aryl methyl sites for hydroxylation is 1. The van der Waals surface area contributed by atoms with Gasteiger partial charge in [-0.1, -0.05) is 36.4 Å². The van der Waals surface area contributed by atoms with E-state index in [4.69, 9.17) is 0 Å². The molecule has 1 aromatic carbocycles. The molecule has 3 heterocycles. The van der Waals surface area contributed by atoms with Crippen molar-refractivity contribution in [3.05, 3.63) is 71.4 Å². The number of pyridine rings is 1. The van der Waals surface area contributed by atoms with Gasteiger partial charge >= 0.3 is 0 Å². The number of fused-ring (bicyclic) bond motifs is 1. The maximum absolute atomic E-state index is 12.8. The quantitative estimate of drug-likeness (QED) is 0.723. The second-order valence-electron chi connectivity index (χ2n) is 6.74. The second kappa shape index (κ2) is 7.67. The lowest BCUT2D eigenvalue weighted by molar-refractivity contribution is -0.120. The Morgan fingerprint density at radius 1 is 1.15 bits per heavy atom. The molecule has 138 valence electrons. The molecule has 0 radical (unpaired) electrons. The fourth-order valence-electron chi connectivity index (χ4n) is 3.38. The minimum Gasteiger partial charge on any atom is -0.328 e. The van der Waals surface area contributed by atoms with Crippen LogP contribution in [0.2, 0.25) is 0 Å². The monoisotopic (exact) mass is 362 g/mol. The summed E-state index contributed by atoms with van der Waals surface area (Å²) in [6, 6.07) is 13.8. The van der Waals surface area contributed by atoms with Crippen molar-refractivity contribution in [2.24, 2.45) is 0 Å². The third-order valence-electron chi connectivity index (χ3n) is 4.83. The van der Waals surface area contributed by atoms with Crippen molar-refractivity contribution >= 4 is 11.7 Å². The first-order valence-corrected chi connectivity index (χ1v) is 9.10. The topological polar surface area (TPSA) is 86.8 Å². The summed E-state index contributed by atoms with van der Waals surface area (Å²) in [5.74, 6) is 2.32. The van der Waals surface area contributed by atoms with Gasteiger partial charge in [0.15, 0.2) is 0 Å². The molecule has 27 heavy (non-hydrogen) atoms. The summed E-state index contributed by atoms with van der Waals surface area (Å²) >= 11 is 0. The second-order valence-corrected chi connectivity index (χ2v) is 6.74. The lowest BCUT2D eigenvalue weighted by Crippen LogP contribution is -2.44. The van der Waals surface area contributed by atoms with Crippen LogP contribution in [0.4, 0.5) is 5.82 Å². The van der Waals surface area contributed by atoms with E-state index in [0.29, 0.717) is 13.0 Å². The van der Waals surface area contributed by atoms with E-state index in [1.807, 2.05) is 30.3 Å². The number of carbonyl (C=O) groups excluding carboxylic acids is 1. The van der Waals surface area contributed by atoms with E-state index >= 15 is 0 Å². The zero-order valence-corrected chi connectivity index (χ0v) is 15.2. The van der Waals surface area contributed by atoms with Gasteiger partial charge in [-0.25, -0.2) is 4.98 Å². The number of aromatic nitrogens is 4. The first-order chi connectivity index (χ1) is 13.2. The number of carbonyl (C=O) groups is 1. The molecule has 1 amide bonds. The van der Waals surface area contributed by atoms with Gasteiger partial charge in [-0.2, -0.15) is 0 Å². The van der Waals surface area contributed by atoms with Crippen LogP contribution in [0, 0.1) is 0 Å². The first-order valence-electron chi connectivity index (χ1n) is 9.10. The third kappa shape index (κ3) is 3.88. The zero-order valence-electron chi connectivity index (χ0n) is 15.2. The van der Waals surface area contributed by atoms with Gasteiger partial charge in [-0.3, -0.25) is 15.0 Å². The van der Waals surface area contributed by atoms with Crippen molar-refractivity contribution in [2.75, 3.05) is 11.9 Å². The fourth-order valence-corrected chi connectivity index (χ4v) is 3.38. The molecule has 3 aromatic rings. The zero-order chi connectivity index (χ0) is 18.6. The van der Waals surface area contributed by atoms with Crippen LogP contribution in [-0.4, -0.2) is 39.2 Å². The molecule has 0 saturated carbocycles. The van der Waals surface area contributed by atoms with E-state index in [-0.39, 0.29) is 11.9 Å². The van der Waals surface area contributed by atoms with E-state index < -0.39 is 0 Å². The Kier molecular flexibility index (Phi) is 4.93. The summed E-state index contributed by atoms with van der Waals surface area (Å²) in [7, 11) is 1.78. The van der Waals surface area contributed by atoms with Crippen molar-refractivity contribution in [3.8, 4) is 0 Å². The fraction of sp³-hybridized carbons (Fsp3) is 0.300. The summed E-state index contributed by atoms with van der Waals surface area (Å²) in [5.41, 5.74) is 2.28. The standard InChI is InChI=1S/C20H22N6O/c1-26-19-15(8-5-11-21-19)9-10-16(20(26)27)22-13-18-23-17(24-25-18)12-14-6-3-2-4-7-14/h2-8,11,16,22H,9-10,12-13H2,1H3,(H,23,24,25)/t16-/m0/s1. The molecule has 2 N–H and O–H groups in total. The van der Waals surface area contributed by atoms with Crippen molar-refractivity contribution in [1.82, 2.24) is 25.5 Å². The van der Waals surface area contributed by atoms with E-state index in [2.05, 4.69) is 37.6 Å². The molecule has 0 unspecified atom stereocenters. The van der Waals surface area contributed by atoms with Crippen LogP contribution in [0.5, 0.6) is 0 Å². The number of H-pyrrole nitrogens is 1. The molecule has 1 aliphatic heterocycles. The maximum Gasteiger partial charge on any atom is 0.245 e. The minimum atomic E-state index is -0.271. The van der Waals surface area contributed by atoms with Crippen molar-refractivity contribution in [1.29, 1.82) is 0 Å². The third-order valence-corrected chi connectivity index (χ3v) is 4.83. The minimum absolute atomic E-state index is 0.0245. The molecule has 4 rings (SSSR count). The summed E-state index contributed by atoms with van der Waals surface area (Å²) in [6.45, 7) is 0.468. The number of benzene rings is 1. The Morgan fingerprint density at radius 2 is 1.96 bits per heavy atom. The van der Waals surface area contributed by atoms with E-state index in [1.54, 1.807) is 18.1 Å². The number of likely N-dealkylation sites (N-methyl/N-ethyl adjacent to an activating group) is 1. The Bertz CT molecular complexity index is 923. The molecule has 1 atom stereocenters.